The van der Waals surface area contributed by atoms with E-state index in [9.17, 15) is 4.79 Å². The van der Waals surface area contributed by atoms with E-state index < -0.39 is 5.91 Å². The van der Waals surface area contributed by atoms with Crippen LogP contribution >= 0.6 is 0 Å². The van der Waals surface area contributed by atoms with Gasteiger partial charge in [0.1, 0.15) is 11.3 Å². The Morgan fingerprint density at radius 1 is 1.90 bits per heavy atom. The van der Waals surface area contributed by atoms with Gasteiger partial charge in [-0.1, -0.05) is 5.16 Å². The molecule has 0 atom stereocenters. The lowest BCUT2D eigenvalue weighted by molar-refractivity contribution is 0.0704. The molecule has 2 N–H and O–H groups in total. The molecule has 0 aliphatic heterocycles. The van der Waals surface area contributed by atoms with Gasteiger partial charge >= 0.3 is 0 Å². The Balaban J connectivity index is 2.93. The highest BCUT2D eigenvalue weighted by atomic mass is 16.5. The Hall–Kier alpha value is -1.36. The summed E-state index contributed by atoms with van der Waals surface area (Å²) in [4.78, 5) is 10.6. The molecule has 0 saturated carbocycles. The molecule has 0 radical (unpaired) electrons. The first kappa shape index (κ1) is 6.76. The van der Waals surface area contributed by atoms with Crippen molar-refractivity contribution in [2.75, 3.05) is 0 Å². The number of carbonyl (C=O) groups excluding carboxylic acids is 1. The Morgan fingerprint density at radius 2 is 2.60 bits per heavy atom. The topological polar surface area (TPSA) is 75.4 Å². The SMILES string of the molecule is Cc1oncc1C(=O)NO. The fourth-order valence-electron chi connectivity index (χ4n) is 0.577. The van der Waals surface area contributed by atoms with Crippen LogP contribution < -0.4 is 5.48 Å². The molecule has 0 bridgehead atoms. The van der Waals surface area contributed by atoms with Crippen LogP contribution in [0, 0.1) is 6.92 Å². The minimum atomic E-state index is -0.612. The number of hydroxylamine groups is 1. The van der Waals surface area contributed by atoms with Crippen molar-refractivity contribution >= 4 is 5.91 Å². The lowest BCUT2D eigenvalue weighted by Crippen LogP contribution is -2.18. The lowest BCUT2D eigenvalue weighted by Gasteiger charge is -1.91. The summed E-state index contributed by atoms with van der Waals surface area (Å²) in [5.41, 5.74) is 1.71. The van der Waals surface area contributed by atoms with Gasteiger partial charge in [-0.3, -0.25) is 10.0 Å². The summed E-state index contributed by atoms with van der Waals surface area (Å²) in [5, 5.41) is 11.5. The molecule has 5 nitrogen and oxygen atoms in total. The van der Waals surface area contributed by atoms with Gasteiger partial charge in [0.05, 0.1) is 6.20 Å². The summed E-state index contributed by atoms with van der Waals surface area (Å²) < 4.78 is 4.57. The highest BCUT2D eigenvalue weighted by Crippen LogP contribution is 2.04. The summed E-state index contributed by atoms with van der Waals surface area (Å²) in [5.74, 6) is -0.231. The molecular weight excluding hydrogens is 136 g/mol. The molecule has 1 aromatic rings. The molecule has 54 valence electrons. The van der Waals surface area contributed by atoms with Gasteiger partial charge in [0.25, 0.3) is 5.91 Å². The summed E-state index contributed by atoms with van der Waals surface area (Å²) in [6.45, 7) is 1.58. The highest BCUT2D eigenvalue weighted by molar-refractivity contribution is 5.93. The van der Waals surface area contributed by atoms with Crippen molar-refractivity contribution < 1.29 is 14.5 Å². The zero-order valence-corrected chi connectivity index (χ0v) is 5.29. The van der Waals surface area contributed by atoms with E-state index >= 15 is 0 Å². The minimum absolute atomic E-state index is 0.238. The van der Waals surface area contributed by atoms with Crippen LogP contribution in [0.3, 0.4) is 0 Å². The van der Waals surface area contributed by atoms with Crippen LogP contribution in [-0.2, 0) is 0 Å². The van der Waals surface area contributed by atoms with Gasteiger partial charge in [0.15, 0.2) is 0 Å². The predicted octanol–water partition coefficient (Wildman–Crippen LogP) is 0.102. The molecule has 1 amide bonds. The van der Waals surface area contributed by atoms with Crippen LogP contribution in [-0.4, -0.2) is 16.3 Å². The molecule has 10 heavy (non-hydrogen) atoms. The molecule has 5 heteroatoms. The van der Waals surface area contributed by atoms with E-state index in [0.29, 0.717) is 5.76 Å². The van der Waals surface area contributed by atoms with E-state index in [-0.39, 0.29) is 5.56 Å². The van der Waals surface area contributed by atoms with E-state index in [1.807, 2.05) is 0 Å². The second-order valence-electron chi connectivity index (χ2n) is 1.74. The zero-order valence-electron chi connectivity index (χ0n) is 5.29. The molecule has 0 spiro atoms. The number of rotatable bonds is 1. The fraction of sp³-hybridized carbons (Fsp3) is 0.200. The van der Waals surface area contributed by atoms with E-state index in [1.54, 1.807) is 6.92 Å². The second kappa shape index (κ2) is 2.49. The Bertz CT molecular complexity index is 243. The third-order valence-corrected chi connectivity index (χ3v) is 1.10. The molecule has 0 unspecified atom stereocenters. The number of carbonyl (C=O) groups is 1. The maximum atomic E-state index is 10.6. The Labute approximate surface area is 56.6 Å². The minimum Gasteiger partial charge on any atom is -0.361 e. The summed E-state index contributed by atoms with van der Waals surface area (Å²) in [6.07, 6.45) is 1.24. The monoisotopic (exact) mass is 142 g/mol. The standard InChI is InChI=1S/C5H6N2O3/c1-3-4(2-6-10-3)5(8)7-9/h2,9H,1H3,(H,7,8). The van der Waals surface area contributed by atoms with Crippen molar-refractivity contribution in [3.8, 4) is 0 Å². The lowest BCUT2D eigenvalue weighted by atomic mass is 10.3. The van der Waals surface area contributed by atoms with Gasteiger partial charge in [0.2, 0.25) is 0 Å². The van der Waals surface area contributed by atoms with Gasteiger partial charge in [-0.15, -0.1) is 0 Å². The van der Waals surface area contributed by atoms with Crippen LogP contribution in [0.25, 0.3) is 0 Å². The Kier molecular flexibility index (Phi) is 1.68. The number of hydrogen-bond acceptors (Lipinski definition) is 4. The van der Waals surface area contributed by atoms with Crippen molar-refractivity contribution in [2.24, 2.45) is 0 Å². The van der Waals surface area contributed by atoms with Gasteiger partial charge in [-0.25, -0.2) is 5.48 Å². The zero-order chi connectivity index (χ0) is 7.56. The molecule has 0 aliphatic rings. The van der Waals surface area contributed by atoms with E-state index in [1.165, 1.54) is 11.7 Å². The molecule has 0 aromatic carbocycles. The molecular formula is C5H6N2O3. The first-order valence-corrected chi connectivity index (χ1v) is 2.61. The average Bonchev–Trinajstić information content (AvgIpc) is 2.34. The van der Waals surface area contributed by atoms with E-state index in [0.717, 1.165) is 0 Å². The summed E-state index contributed by atoms with van der Waals surface area (Å²) in [6, 6.07) is 0. The summed E-state index contributed by atoms with van der Waals surface area (Å²) >= 11 is 0. The number of aryl methyl sites for hydroxylation is 1. The Morgan fingerprint density at radius 3 is 3.00 bits per heavy atom. The van der Waals surface area contributed by atoms with Crippen LogP contribution in [0.4, 0.5) is 0 Å². The molecule has 1 rings (SSSR count). The quantitative estimate of drug-likeness (QED) is 0.430. The first-order valence-electron chi connectivity index (χ1n) is 2.61. The van der Waals surface area contributed by atoms with Crippen molar-refractivity contribution in [3.05, 3.63) is 17.5 Å². The van der Waals surface area contributed by atoms with Crippen molar-refractivity contribution in [1.29, 1.82) is 0 Å². The third kappa shape index (κ3) is 0.985. The van der Waals surface area contributed by atoms with Crippen LogP contribution in [0.15, 0.2) is 10.7 Å². The smallest absolute Gasteiger partial charge is 0.279 e. The van der Waals surface area contributed by atoms with E-state index in [4.69, 9.17) is 5.21 Å². The molecule has 0 aliphatic carbocycles. The van der Waals surface area contributed by atoms with Crippen LogP contribution in [0.2, 0.25) is 0 Å². The van der Waals surface area contributed by atoms with Crippen LogP contribution in [0.5, 0.6) is 0 Å². The molecule has 1 heterocycles. The summed E-state index contributed by atoms with van der Waals surface area (Å²) in [7, 11) is 0. The second-order valence-corrected chi connectivity index (χ2v) is 1.74. The number of amides is 1. The maximum Gasteiger partial charge on any atom is 0.279 e. The van der Waals surface area contributed by atoms with Crippen molar-refractivity contribution in [2.45, 2.75) is 6.92 Å². The van der Waals surface area contributed by atoms with E-state index in [2.05, 4.69) is 9.68 Å². The van der Waals surface area contributed by atoms with Gasteiger partial charge in [-0.05, 0) is 6.92 Å². The molecule has 0 fully saturated rings. The first-order chi connectivity index (χ1) is 4.75. The maximum absolute atomic E-state index is 10.6. The normalized spacial score (nSPS) is 9.40. The number of hydrogen-bond donors (Lipinski definition) is 2. The van der Waals surface area contributed by atoms with Crippen molar-refractivity contribution in [3.63, 3.8) is 0 Å². The van der Waals surface area contributed by atoms with Crippen LogP contribution in [0.1, 0.15) is 16.1 Å². The van der Waals surface area contributed by atoms with Gasteiger partial charge in [0, 0.05) is 0 Å². The highest BCUT2D eigenvalue weighted by Gasteiger charge is 2.10. The number of nitrogens with one attached hydrogen (secondary N) is 1. The van der Waals surface area contributed by atoms with Gasteiger partial charge < -0.3 is 4.52 Å². The molecule has 0 saturated heterocycles. The van der Waals surface area contributed by atoms with Crippen molar-refractivity contribution in [1.82, 2.24) is 10.6 Å². The number of aromatic nitrogens is 1. The van der Waals surface area contributed by atoms with Gasteiger partial charge in [-0.2, -0.15) is 0 Å². The third-order valence-electron chi connectivity index (χ3n) is 1.10. The molecule has 1 aromatic heterocycles. The fourth-order valence-corrected chi connectivity index (χ4v) is 0.577. The average molecular weight is 142 g/mol. The largest absolute Gasteiger partial charge is 0.361 e. The number of nitrogens with zero attached hydrogens (tertiary/aromatic N) is 1. The predicted molar refractivity (Wildman–Crippen MR) is 30.5 cm³/mol.